The molecule has 1 aliphatic rings. The molecule has 0 radical (unpaired) electrons. The molecule has 0 bridgehead atoms. The number of nitrogen functional groups attached to an aromatic ring is 1. The molecule has 0 saturated heterocycles. The molecule has 21 heavy (non-hydrogen) atoms. The highest BCUT2D eigenvalue weighted by atomic mass is 32.2. The van der Waals surface area contributed by atoms with Gasteiger partial charge in [-0.3, -0.25) is 0 Å². The number of nitrogens with one attached hydrogen (secondary N) is 1. The normalized spacial score (nSPS) is 17.8. The number of aryl methyl sites for hydroxylation is 1. The number of likely N-dealkylation sites (N-methyl/N-ethyl adjacent to an activating group) is 1. The van der Waals surface area contributed by atoms with Crippen LogP contribution in [-0.2, 0) is 10.0 Å². The molecule has 118 valence electrons. The van der Waals surface area contributed by atoms with Gasteiger partial charge in [0.05, 0.1) is 10.6 Å². The van der Waals surface area contributed by atoms with Crippen LogP contribution in [0.15, 0.2) is 17.0 Å². The van der Waals surface area contributed by atoms with Crippen molar-refractivity contribution in [2.24, 2.45) is 0 Å². The fourth-order valence-electron chi connectivity index (χ4n) is 2.63. The zero-order valence-corrected chi connectivity index (χ0v) is 13.4. The summed E-state index contributed by atoms with van der Waals surface area (Å²) in [7, 11) is 0.209. The molecule has 7 heteroatoms. The molecule has 2 rings (SSSR count). The van der Waals surface area contributed by atoms with Crippen LogP contribution in [-0.4, -0.2) is 39.5 Å². The molecule has 0 amide bonds. The number of anilines is 1. The van der Waals surface area contributed by atoms with Crippen molar-refractivity contribution in [3.05, 3.63) is 23.5 Å². The Labute approximate surface area is 125 Å². The quantitative estimate of drug-likeness (QED) is 0.807. The van der Waals surface area contributed by atoms with Gasteiger partial charge in [0.1, 0.15) is 5.82 Å². The van der Waals surface area contributed by atoms with Crippen LogP contribution < -0.4 is 10.5 Å². The molecule has 0 spiro atoms. The Balaban J connectivity index is 2.21. The minimum Gasteiger partial charge on any atom is -0.396 e. The summed E-state index contributed by atoms with van der Waals surface area (Å²) < 4.78 is 40.8. The maximum absolute atomic E-state index is 13.3. The number of benzene rings is 1. The van der Waals surface area contributed by atoms with E-state index in [-0.39, 0.29) is 16.1 Å². The van der Waals surface area contributed by atoms with E-state index >= 15 is 0 Å². The summed E-state index contributed by atoms with van der Waals surface area (Å²) in [4.78, 5) is 2.10. The van der Waals surface area contributed by atoms with E-state index in [4.69, 9.17) is 5.73 Å². The highest BCUT2D eigenvalue weighted by Crippen LogP contribution is 2.35. The predicted molar refractivity (Wildman–Crippen MR) is 81.0 cm³/mol. The van der Waals surface area contributed by atoms with E-state index in [2.05, 4.69) is 9.62 Å². The molecular formula is C14H22FN3O2S. The summed E-state index contributed by atoms with van der Waals surface area (Å²) in [6.07, 6.45) is 3.03. The van der Waals surface area contributed by atoms with E-state index in [0.29, 0.717) is 12.1 Å². The van der Waals surface area contributed by atoms with Gasteiger partial charge in [-0.05, 0) is 58.0 Å². The van der Waals surface area contributed by atoms with Crippen molar-refractivity contribution in [2.75, 3.05) is 26.4 Å². The lowest BCUT2D eigenvalue weighted by atomic mass is 9.76. The molecule has 0 unspecified atom stereocenters. The van der Waals surface area contributed by atoms with Crippen molar-refractivity contribution < 1.29 is 12.8 Å². The first-order valence-electron chi connectivity index (χ1n) is 6.91. The van der Waals surface area contributed by atoms with Gasteiger partial charge < -0.3 is 10.6 Å². The van der Waals surface area contributed by atoms with Crippen molar-refractivity contribution in [2.45, 2.75) is 36.6 Å². The van der Waals surface area contributed by atoms with Gasteiger partial charge in [-0.25, -0.2) is 17.5 Å². The van der Waals surface area contributed by atoms with Gasteiger partial charge in [0, 0.05) is 12.1 Å². The average Bonchev–Trinajstić information content (AvgIpc) is 2.31. The fourth-order valence-corrected chi connectivity index (χ4v) is 4.01. The third kappa shape index (κ3) is 3.04. The smallest absolute Gasteiger partial charge is 0.240 e. The molecule has 1 aliphatic carbocycles. The summed E-state index contributed by atoms with van der Waals surface area (Å²) in [5.41, 5.74) is 5.55. The van der Waals surface area contributed by atoms with E-state index in [1.165, 1.54) is 6.07 Å². The first-order valence-corrected chi connectivity index (χ1v) is 8.39. The zero-order chi connectivity index (χ0) is 15.8. The fraction of sp³-hybridized carbons (Fsp3) is 0.571. The van der Waals surface area contributed by atoms with Crippen molar-refractivity contribution in [1.82, 2.24) is 9.62 Å². The molecule has 0 heterocycles. The Bertz CT molecular complexity index is 640. The van der Waals surface area contributed by atoms with Crippen LogP contribution in [0.25, 0.3) is 0 Å². The third-order valence-electron chi connectivity index (χ3n) is 4.41. The van der Waals surface area contributed by atoms with Gasteiger partial charge in [0.2, 0.25) is 10.0 Å². The number of sulfonamides is 1. The van der Waals surface area contributed by atoms with Crippen molar-refractivity contribution in [3.8, 4) is 0 Å². The van der Waals surface area contributed by atoms with E-state index in [0.717, 1.165) is 25.3 Å². The van der Waals surface area contributed by atoms with Gasteiger partial charge in [-0.1, -0.05) is 0 Å². The average molecular weight is 315 g/mol. The van der Waals surface area contributed by atoms with E-state index < -0.39 is 15.8 Å². The number of hydrogen-bond donors (Lipinski definition) is 2. The lowest BCUT2D eigenvalue weighted by molar-refractivity contribution is 0.0657. The summed E-state index contributed by atoms with van der Waals surface area (Å²) in [6, 6.07) is 2.32. The lowest BCUT2D eigenvalue weighted by Crippen LogP contribution is -2.57. The molecule has 0 aliphatic heterocycles. The second-order valence-corrected chi connectivity index (χ2v) is 7.67. The topological polar surface area (TPSA) is 75.4 Å². The largest absolute Gasteiger partial charge is 0.396 e. The molecule has 5 nitrogen and oxygen atoms in total. The number of nitrogens with zero attached hydrogens (tertiary/aromatic N) is 1. The van der Waals surface area contributed by atoms with Gasteiger partial charge >= 0.3 is 0 Å². The Morgan fingerprint density at radius 3 is 2.48 bits per heavy atom. The van der Waals surface area contributed by atoms with E-state index in [9.17, 15) is 12.8 Å². The molecule has 3 N–H and O–H groups in total. The first-order chi connectivity index (χ1) is 9.68. The zero-order valence-electron chi connectivity index (χ0n) is 12.6. The summed E-state index contributed by atoms with van der Waals surface area (Å²) in [6.45, 7) is 1.90. The molecule has 0 aromatic heterocycles. The molecule has 1 aromatic rings. The van der Waals surface area contributed by atoms with Gasteiger partial charge in [0.25, 0.3) is 0 Å². The lowest BCUT2D eigenvalue weighted by Gasteiger charge is -2.47. The molecule has 0 atom stereocenters. The number of halogens is 1. The van der Waals surface area contributed by atoms with Gasteiger partial charge in [0.15, 0.2) is 0 Å². The molecule has 1 fully saturated rings. The first kappa shape index (κ1) is 16.2. The Morgan fingerprint density at radius 1 is 1.38 bits per heavy atom. The highest BCUT2D eigenvalue weighted by Gasteiger charge is 2.40. The summed E-state index contributed by atoms with van der Waals surface area (Å²) >= 11 is 0. The van der Waals surface area contributed by atoms with Crippen LogP contribution in [0.3, 0.4) is 0 Å². The van der Waals surface area contributed by atoms with E-state index in [1.807, 2.05) is 14.1 Å². The SMILES string of the molecule is Cc1cc(F)c(N)cc1S(=O)(=O)NCC1(N(C)C)CCC1. The van der Waals surface area contributed by atoms with Crippen molar-refractivity contribution in [1.29, 1.82) is 0 Å². The van der Waals surface area contributed by atoms with Crippen molar-refractivity contribution >= 4 is 15.7 Å². The predicted octanol–water partition coefficient (Wildman–Crippen LogP) is 1.48. The molecule has 1 aromatic carbocycles. The molecule has 1 saturated carbocycles. The monoisotopic (exact) mass is 315 g/mol. The number of hydrogen-bond acceptors (Lipinski definition) is 4. The summed E-state index contributed by atoms with van der Waals surface area (Å²) in [5.74, 6) is -0.602. The molecular weight excluding hydrogens is 293 g/mol. The highest BCUT2D eigenvalue weighted by molar-refractivity contribution is 7.89. The van der Waals surface area contributed by atoms with Gasteiger partial charge in [-0.15, -0.1) is 0 Å². The van der Waals surface area contributed by atoms with Crippen LogP contribution in [0.5, 0.6) is 0 Å². The maximum atomic E-state index is 13.3. The van der Waals surface area contributed by atoms with E-state index in [1.54, 1.807) is 6.92 Å². The van der Waals surface area contributed by atoms with Crippen LogP contribution >= 0.6 is 0 Å². The maximum Gasteiger partial charge on any atom is 0.240 e. The van der Waals surface area contributed by atoms with Crippen LogP contribution in [0.2, 0.25) is 0 Å². The number of rotatable bonds is 5. The second kappa shape index (κ2) is 5.55. The Hall–Kier alpha value is -1.18. The van der Waals surface area contributed by atoms with Crippen LogP contribution in [0, 0.1) is 12.7 Å². The Morgan fingerprint density at radius 2 is 2.00 bits per heavy atom. The third-order valence-corrected chi connectivity index (χ3v) is 5.95. The number of nitrogens with two attached hydrogens (primary N) is 1. The standard InChI is InChI=1S/C14H22FN3O2S/c1-10-7-11(15)12(16)8-13(10)21(19,20)17-9-14(18(2)3)5-4-6-14/h7-8,17H,4-6,9,16H2,1-3H3. The van der Waals surface area contributed by atoms with Crippen LogP contribution in [0.1, 0.15) is 24.8 Å². The Kier molecular flexibility index (Phi) is 4.28. The minimum atomic E-state index is -3.70. The van der Waals surface area contributed by atoms with Gasteiger partial charge in [-0.2, -0.15) is 0 Å². The van der Waals surface area contributed by atoms with Crippen molar-refractivity contribution in [3.63, 3.8) is 0 Å². The van der Waals surface area contributed by atoms with Crippen LogP contribution in [0.4, 0.5) is 10.1 Å². The second-order valence-electron chi connectivity index (χ2n) is 5.94. The minimum absolute atomic E-state index is 0.0367. The summed E-state index contributed by atoms with van der Waals surface area (Å²) in [5, 5.41) is 0.